The van der Waals surface area contributed by atoms with E-state index in [4.69, 9.17) is 4.74 Å². The highest BCUT2D eigenvalue weighted by atomic mass is 79.9. The van der Waals surface area contributed by atoms with Crippen molar-refractivity contribution in [2.45, 2.75) is 44.7 Å². The fourth-order valence-corrected chi connectivity index (χ4v) is 6.55. The molecule has 0 aromatic heterocycles. The summed E-state index contributed by atoms with van der Waals surface area (Å²) < 4.78 is 35.8. The number of ether oxygens (including phenoxy) is 1. The number of amides is 2. The molecule has 45 heavy (non-hydrogen) atoms. The first-order chi connectivity index (χ1) is 21.6. The van der Waals surface area contributed by atoms with Gasteiger partial charge in [-0.2, -0.15) is 0 Å². The first-order valence-electron chi connectivity index (χ1n) is 14.8. The minimum Gasteiger partial charge on any atom is -0.494 e. The summed E-state index contributed by atoms with van der Waals surface area (Å²) in [4.78, 5) is 29.6. The maximum absolute atomic E-state index is 14.4. The molecule has 0 heterocycles. The number of carbonyl (C=O) groups is 2. The summed E-state index contributed by atoms with van der Waals surface area (Å²) >= 11 is 3.45. The van der Waals surface area contributed by atoms with Crippen LogP contribution in [0.4, 0.5) is 5.69 Å². The van der Waals surface area contributed by atoms with Gasteiger partial charge in [0, 0.05) is 24.0 Å². The summed E-state index contributed by atoms with van der Waals surface area (Å²) in [6.07, 6.45) is 0.253. The Hall–Kier alpha value is -4.15. The van der Waals surface area contributed by atoms with Gasteiger partial charge in [0.25, 0.3) is 10.0 Å². The van der Waals surface area contributed by atoms with Gasteiger partial charge < -0.3 is 15.0 Å². The van der Waals surface area contributed by atoms with E-state index >= 15 is 0 Å². The summed E-state index contributed by atoms with van der Waals surface area (Å²) in [7, 11) is -4.18. The van der Waals surface area contributed by atoms with Crippen molar-refractivity contribution in [1.82, 2.24) is 10.2 Å². The Balaban J connectivity index is 1.79. The van der Waals surface area contributed by atoms with Crippen LogP contribution < -0.4 is 14.4 Å². The van der Waals surface area contributed by atoms with E-state index in [1.165, 1.54) is 17.0 Å². The summed E-state index contributed by atoms with van der Waals surface area (Å²) in [6, 6.07) is 29.1. The van der Waals surface area contributed by atoms with Crippen LogP contribution in [-0.4, -0.2) is 50.9 Å². The molecule has 0 aliphatic rings. The summed E-state index contributed by atoms with van der Waals surface area (Å²) in [5, 5.41) is 2.87. The van der Waals surface area contributed by atoms with Gasteiger partial charge in [0.2, 0.25) is 11.8 Å². The van der Waals surface area contributed by atoms with Crippen molar-refractivity contribution in [3.8, 4) is 5.75 Å². The van der Waals surface area contributed by atoms with Crippen molar-refractivity contribution < 1.29 is 22.7 Å². The third-order valence-electron chi connectivity index (χ3n) is 7.21. The molecule has 0 aliphatic heterocycles. The fourth-order valence-electron chi connectivity index (χ4n) is 4.87. The highest BCUT2D eigenvalue weighted by Gasteiger charge is 2.34. The van der Waals surface area contributed by atoms with Crippen molar-refractivity contribution in [3.63, 3.8) is 0 Å². The average molecular weight is 693 g/mol. The van der Waals surface area contributed by atoms with Crippen LogP contribution in [0.1, 0.15) is 30.5 Å². The molecule has 0 bridgehead atoms. The topological polar surface area (TPSA) is 96.0 Å². The van der Waals surface area contributed by atoms with E-state index in [0.29, 0.717) is 24.6 Å². The van der Waals surface area contributed by atoms with Gasteiger partial charge in [-0.25, -0.2) is 8.42 Å². The Morgan fingerprint density at radius 2 is 1.49 bits per heavy atom. The second-order valence-corrected chi connectivity index (χ2v) is 13.3. The fraction of sp³-hybridized carbons (Fsp3) is 0.257. The lowest BCUT2D eigenvalue weighted by molar-refractivity contribution is -0.140. The van der Waals surface area contributed by atoms with Crippen molar-refractivity contribution in [3.05, 3.63) is 124 Å². The average Bonchev–Trinajstić information content (AvgIpc) is 3.03. The molecule has 1 N–H and O–H groups in total. The molecule has 0 aliphatic carbocycles. The van der Waals surface area contributed by atoms with Crippen molar-refractivity contribution >= 4 is 43.5 Å². The van der Waals surface area contributed by atoms with Gasteiger partial charge in [-0.1, -0.05) is 76.1 Å². The molecule has 0 radical (unpaired) electrons. The van der Waals surface area contributed by atoms with Crippen LogP contribution in [0, 0.1) is 6.92 Å². The predicted molar refractivity (Wildman–Crippen MR) is 181 cm³/mol. The Bertz CT molecular complexity index is 1660. The van der Waals surface area contributed by atoms with Crippen molar-refractivity contribution in [1.29, 1.82) is 0 Å². The number of carbonyl (C=O) groups excluding carboxylic acids is 2. The molecular weight excluding hydrogens is 654 g/mol. The summed E-state index contributed by atoms with van der Waals surface area (Å²) in [5.74, 6) is -0.258. The third kappa shape index (κ3) is 8.95. The molecular formula is C35H38BrN3O5S. The van der Waals surface area contributed by atoms with Gasteiger partial charge in [0.15, 0.2) is 0 Å². The van der Waals surface area contributed by atoms with Gasteiger partial charge in [0.1, 0.15) is 18.3 Å². The molecule has 0 spiro atoms. The maximum Gasteiger partial charge on any atom is 0.264 e. The zero-order chi connectivity index (χ0) is 32.4. The first-order valence-corrected chi connectivity index (χ1v) is 17.0. The highest BCUT2D eigenvalue weighted by Crippen LogP contribution is 2.27. The van der Waals surface area contributed by atoms with E-state index in [2.05, 4.69) is 21.2 Å². The second-order valence-electron chi connectivity index (χ2n) is 10.5. The lowest BCUT2D eigenvalue weighted by atomic mass is 10.0. The molecule has 0 fully saturated rings. The number of rotatable bonds is 14. The number of sulfonamides is 1. The number of benzene rings is 4. The number of nitrogens with one attached hydrogen (secondary N) is 1. The first kappa shape index (κ1) is 33.7. The van der Waals surface area contributed by atoms with E-state index < -0.39 is 28.5 Å². The van der Waals surface area contributed by atoms with Crippen LogP contribution in [0.2, 0.25) is 0 Å². The van der Waals surface area contributed by atoms with Crippen LogP contribution in [0.5, 0.6) is 5.75 Å². The largest absolute Gasteiger partial charge is 0.494 e. The number of nitrogens with zero attached hydrogens (tertiary/aromatic N) is 2. The quantitative estimate of drug-likeness (QED) is 0.172. The minimum atomic E-state index is -4.18. The summed E-state index contributed by atoms with van der Waals surface area (Å²) in [6.45, 7) is 5.97. The van der Waals surface area contributed by atoms with E-state index in [9.17, 15) is 18.0 Å². The molecule has 1 atom stereocenters. The lowest BCUT2D eigenvalue weighted by Crippen LogP contribution is -2.53. The number of anilines is 1. The Labute approximate surface area is 274 Å². The molecule has 1 unspecified atom stereocenters. The predicted octanol–water partition coefficient (Wildman–Crippen LogP) is 6.13. The molecule has 0 saturated carbocycles. The molecule has 4 aromatic rings. The maximum atomic E-state index is 14.4. The van der Waals surface area contributed by atoms with Gasteiger partial charge in [-0.05, 0) is 80.4 Å². The molecule has 236 valence electrons. The van der Waals surface area contributed by atoms with Crippen LogP contribution in [0.3, 0.4) is 0 Å². The van der Waals surface area contributed by atoms with E-state index in [1.54, 1.807) is 36.4 Å². The Kier molecular flexibility index (Phi) is 11.8. The molecule has 4 aromatic carbocycles. The van der Waals surface area contributed by atoms with Crippen LogP contribution >= 0.6 is 15.9 Å². The van der Waals surface area contributed by atoms with E-state index in [1.807, 2.05) is 75.4 Å². The van der Waals surface area contributed by atoms with Crippen molar-refractivity contribution in [2.75, 3.05) is 24.0 Å². The Morgan fingerprint density at radius 1 is 0.844 bits per heavy atom. The number of hydrogen-bond acceptors (Lipinski definition) is 5. The van der Waals surface area contributed by atoms with E-state index in [0.717, 1.165) is 25.5 Å². The number of hydrogen-bond donors (Lipinski definition) is 1. The number of likely N-dealkylation sites (N-methyl/N-ethyl adjacent to an activating group) is 1. The standard InChI is InChI=1S/C35H38BrN3O5S/c1-4-37-35(41)33(23-27-9-7-6-8-10-27)38(24-28-13-15-29(36)16-14-28)34(40)25-39(30-17-19-31(20-18-30)44-5-2)45(42,43)32-21-11-26(3)12-22-32/h6-22,33H,4-5,23-25H2,1-3H3,(H,37,41). The van der Waals surface area contributed by atoms with Crippen LogP contribution in [-0.2, 0) is 32.6 Å². The Morgan fingerprint density at radius 3 is 2.09 bits per heavy atom. The molecule has 10 heteroatoms. The summed E-state index contributed by atoms with van der Waals surface area (Å²) in [5.41, 5.74) is 2.87. The molecule has 0 saturated heterocycles. The molecule has 2 amide bonds. The third-order valence-corrected chi connectivity index (χ3v) is 9.53. The monoisotopic (exact) mass is 691 g/mol. The SMILES string of the molecule is CCNC(=O)C(Cc1ccccc1)N(Cc1ccc(Br)cc1)C(=O)CN(c1ccc(OCC)cc1)S(=O)(=O)c1ccc(C)cc1. The molecule has 8 nitrogen and oxygen atoms in total. The van der Waals surface area contributed by atoms with Gasteiger partial charge in [-0.15, -0.1) is 0 Å². The van der Waals surface area contributed by atoms with E-state index in [-0.39, 0.29) is 23.8 Å². The van der Waals surface area contributed by atoms with Gasteiger partial charge >= 0.3 is 0 Å². The lowest BCUT2D eigenvalue weighted by Gasteiger charge is -2.34. The number of aryl methyl sites for hydroxylation is 1. The van der Waals surface area contributed by atoms with Crippen molar-refractivity contribution in [2.24, 2.45) is 0 Å². The van der Waals surface area contributed by atoms with Gasteiger partial charge in [-0.3, -0.25) is 13.9 Å². The van der Waals surface area contributed by atoms with Crippen LogP contribution in [0.15, 0.2) is 112 Å². The zero-order valence-corrected chi connectivity index (χ0v) is 28.1. The highest BCUT2D eigenvalue weighted by molar-refractivity contribution is 9.10. The smallest absolute Gasteiger partial charge is 0.264 e. The number of halogens is 1. The van der Waals surface area contributed by atoms with Crippen LogP contribution in [0.25, 0.3) is 0 Å². The van der Waals surface area contributed by atoms with Gasteiger partial charge in [0.05, 0.1) is 17.2 Å². The normalized spacial score (nSPS) is 11.8. The second kappa shape index (κ2) is 15.7. The molecule has 4 rings (SSSR count). The minimum absolute atomic E-state index is 0.0544. The zero-order valence-electron chi connectivity index (χ0n) is 25.6.